The fourth-order valence-corrected chi connectivity index (χ4v) is 5.50. The molecular weight excluding hydrogens is 491 g/mol. The number of nitrogens with one attached hydrogen (secondary N) is 1. The first-order chi connectivity index (χ1) is 17.3. The van der Waals surface area contributed by atoms with Crippen LogP contribution in [0, 0.1) is 5.92 Å². The number of alkyl halides is 3. The average molecular weight is 524 g/mol. The van der Waals surface area contributed by atoms with Crippen molar-refractivity contribution in [2.75, 3.05) is 7.11 Å². The summed E-state index contributed by atoms with van der Waals surface area (Å²) in [5, 5.41) is 11.7. The van der Waals surface area contributed by atoms with E-state index in [4.69, 9.17) is 14.3 Å². The van der Waals surface area contributed by atoms with Crippen molar-refractivity contribution in [3.63, 3.8) is 0 Å². The summed E-state index contributed by atoms with van der Waals surface area (Å²) in [6.07, 6.45) is -3.26. The van der Waals surface area contributed by atoms with Crippen LogP contribution in [0.15, 0.2) is 48.5 Å². The van der Waals surface area contributed by atoms with Gasteiger partial charge in [0.1, 0.15) is 22.7 Å². The minimum absolute atomic E-state index is 0.0276. The minimum Gasteiger partial charge on any atom is -0.496 e. The summed E-state index contributed by atoms with van der Waals surface area (Å²) in [5.74, 6) is -1.76. The molecule has 202 valence electrons. The maximum absolute atomic E-state index is 13.3. The van der Waals surface area contributed by atoms with Crippen LogP contribution in [0.3, 0.4) is 0 Å². The molecular formula is C27H32F3NO6. The molecule has 1 spiro atoms. The molecule has 37 heavy (non-hydrogen) atoms. The standard InChI is InChI=1S/C27H32F3NO6/c1-24(2,3)36-23(32)19-11-8-14-25(22(19)17-9-6-5-7-10-17)16-26(33,31-37-25)20-15-18(35-27(28,29)30)12-13-21(20)34-4/h5-7,9-10,12-13,15,19,22,31,33H,8,11,14,16H2,1-4H3/t19?,22-,25-,26+/m1/s1. The Hall–Kier alpha value is -2.82. The van der Waals surface area contributed by atoms with Gasteiger partial charge in [-0.1, -0.05) is 30.3 Å². The van der Waals surface area contributed by atoms with Gasteiger partial charge in [-0.3, -0.25) is 9.63 Å². The summed E-state index contributed by atoms with van der Waals surface area (Å²) < 4.78 is 53.8. The number of carbonyl (C=O) groups excluding carboxylic acids is 1. The predicted molar refractivity (Wildman–Crippen MR) is 128 cm³/mol. The second-order valence-corrected chi connectivity index (χ2v) is 10.6. The lowest BCUT2D eigenvalue weighted by atomic mass is 9.63. The zero-order valence-corrected chi connectivity index (χ0v) is 21.2. The number of esters is 1. The van der Waals surface area contributed by atoms with E-state index < -0.39 is 40.9 Å². The molecule has 1 heterocycles. The lowest BCUT2D eigenvalue weighted by Crippen LogP contribution is -2.47. The van der Waals surface area contributed by atoms with Gasteiger partial charge in [-0.2, -0.15) is 5.48 Å². The van der Waals surface area contributed by atoms with E-state index in [9.17, 15) is 23.1 Å². The van der Waals surface area contributed by atoms with Gasteiger partial charge in [0.25, 0.3) is 0 Å². The highest BCUT2D eigenvalue weighted by atomic mass is 19.4. The molecule has 4 atom stereocenters. The van der Waals surface area contributed by atoms with Gasteiger partial charge in [-0.15, -0.1) is 13.2 Å². The van der Waals surface area contributed by atoms with Gasteiger partial charge in [-0.05, 0) is 63.8 Å². The van der Waals surface area contributed by atoms with E-state index in [0.29, 0.717) is 19.3 Å². The maximum atomic E-state index is 13.3. The number of rotatable bonds is 5. The molecule has 10 heteroatoms. The van der Waals surface area contributed by atoms with E-state index in [-0.39, 0.29) is 23.7 Å². The van der Waals surface area contributed by atoms with Gasteiger partial charge in [0, 0.05) is 17.9 Å². The number of benzene rings is 2. The number of methoxy groups -OCH3 is 1. The Balaban J connectivity index is 1.74. The molecule has 2 aromatic rings. The van der Waals surface area contributed by atoms with Gasteiger partial charge in [-0.25, -0.2) is 0 Å². The molecule has 2 aliphatic rings. The summed E-state index contributed by atoms with van der Waals surface area (Å²) in [6.45, 7) is 5.40. The van der Waals surface area contributed by atoms with Gasteiger partial charge in [0.15, 0.2) is 5.72 Å². The summed E-state index contributed by atoms with van der Waals surface area (Å²) >= 11 is 0. The Bertz CT molecular complexity index is 1120. The molecule has 0 aromatic heterocycles. The van der Waals surface area contributed by atoms with Crippen LogP contribution in [-0.4, -0.2) is 35.8 Å². The summed E-state index contributed by atoms with van der Waals surface area (Å²) in [5.41, 5.74) is -0.126. The highest BCUT2D eigenvalue weighted by molar-refractivity contribution is 5.75. The molecule has 0 bridgehead atoms. The van der Waals surface area contributed by atoms with Gasteiger partial charge >= 0.3 is 12.3 Å². The predicted octanol–water partition coefficient (Wildman–Crippen LogP) is 5.33. The Kier molecular flexibility index (Phi) is 7.22. The van der Waals surface area contributed by atoms with Crippen molar-refractivity contribution in [1.82, 2.24) is 5.48 Å². The lowest BCUT2D eigenvalue weighted by Gasteiger charge is -2.44. The molecule has 1 aliphatic carbocycles. The Morgan fingerprint density at radius 1 is 1.14 bits per heavy atom. The maximum Gasteiger partial charge on any atom is 0.573 e. The topological polar surface area (TPSA) is 86.2 Å². The number of hydrogen-bond acceptors (Lipinski definition) is 7. The van der Waals surface area contributed by atoms with Crippen molar-refractivity contribution in [1.29, 1.82) is 0 Å². The molecule has 2 aromatic carbocycles. The Morgan fingerprint density at radius 3 is 2.46 bits per heavy atom. The zero-order valence-electron chi connectivity index (χ0n) is 21.2. The van der Waals surface area contributed by atoms with Crippen LogP contribution in [0.25, 0.3) is 0 Å². The number of hydroxylamine groups is 1. The highest BCUT2D eigenvalue weighted by Crippen LogP contribution is 2.55. The number of ether oxygens (including phenoxy) is 3. The van der Waals surface area contributed by atoms with Crippen molar-refractivity contribution in [3.8, 4) is 11.5 Å². The smallest absolute Gasteiger partial charge is 0.496 e. The van der Waals surface area contributed by atoms with Crippen molar-refractivity contribution >= 4 is 5.97 Å². The van der Waals surface area contributed by atoms with Crippen molar-refractivity contribution in [2.24, 2.45) is 5.92 Å². The van der Waals surface area contributed by atoms with Crippen LogP contribution in [-0.2, 0) is 20.1 Å². The minimum atomic E-state index is -4.91. The fourth-order valence-electron chi connectivity index (χ4n) is 5.50. The average Bonchev–Trinajstić information content (AvgIpc) is 3.14. The third-order valence-electron chi connectivity index (χ3n) is 6.78. The van der Waals surface area contributed by atoms with E-state index >= 15 is 0 Å². The van der Waals surface area contributed by atoms with Crippen LogP contribution in [0.5, 0.6) is 11.5 Å². The third-order valence-corrected chi connectivity index (χ3v) is 6.78. The van der Waals surface area contributed by atoms with Crippen LogP contribution >= 0.6 is 0 Å². The summed E-state index contributed by atoms with van der Waals surface area (Å²) in [4.78, 5) is 19.5. The molecule has 1 aliphatic heterocycles. The van der Waals surface area contributed by atoms with Gasteiger partial charge in [0.05, 0.1) is 13.0 Å². The quantitative estimate of drug-likeness (QED) is 0.513. The Labute approximate surface area is 213 Å². The number of hydrogen-bond donors (Lipinski definition) is 2. The first-order valence-electron chi connectivity index (χ1n) is 12.1. The normalized spacial score (nSPS) is 28.2. The highest BCUT2D eigenvalue weighted by Gasteiger charge is 2.59. The van der Waals surface area contributed by atoms with E-state index in [2.05, 4.69) is 10.2 Å². The first kappa shape index (κ1) is 27.2. The monoisotopic (exact) mass is 523 g/mol. The SMILES string of the molecule is COc1ccc(OC(F)(F)F)cc1[C@@]1(O)C[C@@]2(CCCC(C(=O)OC(C)(C)C)[C@H]2c2ccccc2)ON1. The number of carbonyl (C=O) groups is 1. The summed E-state index contributed by atoms with van der Waals surface area (Å²) in [6, 6.07) is 12.9. The molecule has 4 rings (SSSR count). The van der Waals surface area contributed by atoms with Gasteiger partial charge in [0.2, 0.25) is 0 Å². The molecule has 7 nitrogen and oxygen atoms in total. The van der Waals surface area contributed by atoms with E-state index in [1.807, 2.05) is 30.3 Å². The molecule has 2 fully saturated rings. The lowest BCUT2D eigenvalue weighted by molar-refractivity contribution is -0.274. The van der Waals surface area contributed by atoms with Crippen molar-refractivity contribution in [3.05, 3.63) is 59.7 Å². The summed E-state index contributed by atoms with van der Waals surface area (Å²) in [7, 11) is 1.35. The molecule has 1 saturated heterocycles. The fraction of sp³-hybridized carbons (Fsp3) is 0.519. The number of aliphatic hydroxyl groups is 1. The van der Waals surface area contributed by atoms with Crippen molar-refractivity contribution < 1.29 is 42.1 Å². The molecule has 1 unspecified atom stereocenters. The van der Waals surface area contributed by atoms with Crippen LogP contribution in [0.4, 0.5) is 13.2 Å². The molecule has 0 radical (unpaired) electrons. The van der Waals surface area contributed by atoms with Crippen LogP contribution < -0.4 is 15.0 Å². The van der Waals surface area contributed by atoms with Crippen molar-refractivity contribution in [2.45, 2.75) is 75.7 Å². The number of halogens is 3. The largest absolute Gasteiger partial charge is 0.573 e. The van der Waals surface area contributed by atoms with Crippen LogP contribution in [0.2, 0.25) is 0 Å². The molecule has 1 saturated carbocycles. The second-order valence-electron chi connectivity index (χ2n) is 10.6. The van der Waals surface area contributed by atoms with Crippen LogP contribution in [0.1, 0.15) is 63.5 Å². The second kappa shape index (κ2) is 9.81. The third kappa shape index (κ3) is 5.86. The van der Waals surface area contributed by atoms with E-state index in [0.717, 1.165) is 17.7 Å². The first-order valence-corrected chi connectivity index (χ1v) is 12.1. The zero-order chi connectivity index (χ0) is 27.1. The molecule has 2 N–H and O–H groups in total. The van der Waals surface area contributed by atoms with E-state index in [1.165, 1.54) is 13.2 Å². The molecule has 0 amide bonds. The Morgan fingerprint density at radius 2 is 1.84 bits per heavy atom. The van der Waals surface area contributed by atoms with E-state index in [1.54, 1.807) is 20.8 Å². The van der Waals surface area contributed by atoms with Gasteiger partial charge < -0.3 is 19.3 Å².